The molecular formula is C13H21N3O3S. The normalized spacial score (nSPS) is 18.4. The molecule has 0 radical (unpaired) electrons. The summed E-state index contributed by atoms with van der Waals surface area (Å²) in [6, 6.07) is 0. The number of hydrogen-bond acceptors (Lipinski definition) is 7. The van der Waals surface area contributed by atoms with Crippen molar-refractivity contribution in [1.29, 1.82) is 0 Å². The van der Waals surface area contributed by atoms with Crippen LogP contribution in [0.25, 0.3) is 0 Å². The van der Waals surface area contributed by atoms with E-state index in [2.05, 4.69) is 32.8 Å². The molecule has 1 aromatic rings. The van der Waals surface area contributed by atoms with Crippen LogP contribution < -0.4 is 4.90 Å². The zero-order chi connectivity index (χ0) is 14.7. The number of rotatable bonds is 4. The van der Waals surface area contributed by atoms with E-state index in [4.69, 9.17) is 0 Å². The second kappa shape index (κ2) is 6.49. The molecule has 1 aliphatic heterocycles. The number of aromatic nitrogens is 2. The van der Waals surface area contributed by atoms with Crippen molar-refractivity contribution >= 4 is 22.6 Å². The van der Waals surface area contributed by atoms with Crippen LogP contribution in [0.5, 0.6) is 0 Å². The van der Waals surface area contributed by atoms with Gasteiger partial charge >= 0.3 is 5.97 Å². The molecule has 1 unspecified atom stereocenters. The predicted octanol–water partition coefficient (Wildman–Crippen LogP) is 1.41. The van der Waals surface area contributed by atoms with Crippen LogP contribution in [0.15, 0.2) is 0 Å². The molecule has 1 N–H and O–H groups in total. The maximum Gasteiger partial charge on any atom is 0.334 e. The van der Waals surface area contributed by atoms with Crippen LogP contribution in [-0.4, -0.2) is 46.7 Å². The molecule has 6 nitrogen and oxygen atoms in total. The first-order chi connectivity index (χ1) is 9.52. The third-order valence-corrected chi connectivity index (χ3v) is 4.44. The zero-order valence-corrected chi connectivity index (χ0v) is 12.9. The molecule has 1 fully saturated rings. The van der Waals surface area contributed by atoms with Crippen molar-refractivity contribution in [2.45, 2.75) is 38.7 Å². The number of carbonyl (C=O) groups is 1. The molecule has 2 rings (SSSR count). The second-order valence-electron chi connectivity index (χ2n) is 5.38. The summed E-state index contributed by atoms with van der Waals surface area (Å²) in [7, 11) is 1.30. The molecular weight excluding hydrogens is 278 g/mol. The predicted molar refractivity (Wildman–Crippen MR) is 77.0 cm³/mol. The summed E-state index contributed by atoms with van der Waals surface area (Å²) < 4.78 is 8.94. The highest BCUT2D eigenvalue weighted by molar-refractivity contribution is 7.09. The highest BCUT2D eigenvalue weighted by Crippen LogP contribution is 2.28. The number of carbonyl (C=O) groups excluding carboxylic acids is 1. The fraction of sp³-hybridized carbons (Fsp3) is 0.769. The van der Waals surface area contributed by atoms with Gasteiger partial charge in [0.1, 0.15) is 5.82 Å². The summed E-state index contributed by atoms with van der Waals surface area (Å²) in [4.78, 5) is 18.0. The van der Waals surface area contributed by atoms with Gasteiger partial charge in [0.2, 0.25) is 5.13 Å². The van der Waals surface area contributed by atoms with Crippen molar-refractivity contribution in [2.24, 2.45) is 5.92 Å². The second-order valence-corrected chi connectivity index (χ2v) is 6.11. The topological polar surface area (TPSA) is 75.6 Å². The van der Waals surface area contributed by atoms with Crippen LogP contribution in [0.3, 0.4) is 0 Å². The van der Waals surface area contributed by atoms with Crippen LogP contribution in [0, 0.1) is 5.92 Å². The molecule has 0 spiro atoms. The van der Waals surface area contributed by atoms with Crippen molar-refractivity contribution < 1.29 is 14.6 Å². The number of ether oxygens (including phenoxy) is 1. The Labute approximate surface area is 122 Å². The smallest absolute Gasteiger partial charge is 0.334 e. The fourth-order valence-corrected chi connectivity index (χ4v) is 3.17. The third-order valence-electron chi connectivity index (χ3n) is 3.65. The van der Waals surface area contributed by atoms with Gasteiger partial charge in [0.15, 0.2) is 6.10 Å². The van der Waals surface area contributed by atoms with E-state index in [1.807, 2.05) is 0 Å². The quantitative estimate of drug-likeness (QED) is 0.847. The summed E-state index contributed by atoms with van der Waals surface area (Å²) in [6.07, 6.45) is 0.502. The van der Waals surface area contributed by atoms with E-state index in [1.165, 1.54) is 18.6 Å². The van der Waals surface area contributed by atoms with Crippen molar-refractivity contribution in [1.82, 2.24) is 9.36 Å². The lowest BCUT2D eigenvalue weighted by Crippen LogP contribution is -2.40. The van der Waals surface area contributed by atoms with Crippen molar-refractivity contribution in [3.05, 3.63) is 5.82 Å². The Hall–Kier alpha value is -1.21. The first kappa shape index (κ1) is 15.2. The molecule has 2 heterocycles. The summed E-state index contributed by atoms with van der Waals surface area (Å²) in [5.41, 5.74) is 0. The number of piperidine rings is 1. The fourth-order valence-electron chi connectivity index (χ4n) is 2.31. The first-order valence-electron chi connectivity index (χ1n) is 6.87. The van der Waals surface area contributed by atoms with Gasteiger partial charge in [-0.25, -0.2) is 9.78 Å². The van der Waals surface area contributed by atoms with Gasteiger partial charge in [-0.1, -0.05) is 13.8 Å². The number of hydrogen-bond donors (Lipinski definition) is 1. The Bertz CT molecular complexity index is 455. The number of anilines is 1. The van der Waals surface area contributed by atoms with Crippen LogP contribution in [0.4, 0.5) is 5.13 Å². The molecule has 1 saturated heterocycles. The molecule has 1 atom stereocenters. The molecule has 0 saturated carbocycles. The lowest BCUT2D eigenvalue weighted by Gasteiger charge is -2.32. The van der Waals surface area contributed by atoms with E-state index in [1.54, 1.807) is 0 Å². The molecule has 0 amide bonds. The highest BCUT2D eigenvalue weighted by atomic mass is 32.1. The van der Waals surface area contributed by atoms with E-state index in [-0.39, 0.29) is 5.92 Å². The molecule has 112 valence electrons. The average molecular weight is 299 g/mol. The van der Waals surface area contributed by atoms with E-state index in [0.717, 1.165) is 36.9 Å². The Morgan fingerprint density at radius 1 is 1.45 bits per heavy atom. The van der Waals surface area contributed by atoms with Gasteiger partial charge in [-0.2, -0.15) is 4.37 Å². The Balaban J connectivity index is 1.92. The van der Waals surface area contributed by atoms with Crippen LogP contribution >= 0.6 is 11.5 Å². The lowest BCUT2D eigenvalue weighted by molar-refractivity contribution is -0.153. The standard InChI is InChI=1S/C13H21N3O3S/c1-8(2)11-14-13(20-15-11)16-6-4-9(5-7-16)10(17)12(18)19-3/h8-10,17H,4-7H2,1-3H3. The van der Waals surface area contributed by atoms with Gasteiger partial charge in [0.05, 0.1) is 7.11 Å². The average Bonchev–Trinajstić information content (AvgIpc) is 2.96. The minimum Gasteiger partial charge on any atom is -0.467 e. The molecule has 20 heavy (non-hydrogen) atoms. The summed E-state index contributed by atoms with van der Waals surface area (Å²) in [5, 5.41) is 10.8. The van der Waals surface area contributed by atoms with E-state index in [9.17, 15) is 9.90 Å². The number of esters is 1. The van der Waals surface area contributed by atoms with Gasteiger partial charge in [-0.15, -0.1) is 0 Å². The molecule has 1 aliphatic rings. The summed E-state index contributed by atoms with van der Waals surface area (Å²) in [6.45, 7) is 5.71. The zero-order valence-electron chi connectivity index (χ0n) is 12.1. The SMILES string of the molecule is COC(=O)C(O)C1CCN(c2nc(C(C)C)ns2)CC1. The van der Waals surface area contributed by atoms with Crippen molar-refractivity contribution in [2.75, 3.05) is 25.1 Å². The van der Waals surface area contributed by atoms with Crippen molar-refractivity contribution in [3.63, 3.8) is 0 Å². The largest absolute Gasteiger partial charge is 0.467 e. The van der Waals surface area contributed by atoms with Crippen LogP contribution in [0.1, 0.15) is 38.4 Å². The van der Waals surface area contributed by atoms with Gasteiger partial charge < -0.3 is 14.7 Å². The van der Waals surface area contributed by atoms with E-state index < -0.39 is 12.1 Å². The third kappa shape index (κ3) is 3.27. The number of methoxy groups -OCH3 is 1. The molecule has 0 aliphatic carbocycles. The van der Waals surface area contributed by atoms with Gasteiger partial charge in [-0.3, -0.25) is 0 Å². The number of aliphatic hydroxyl groups is 1. The minimum absolute atomic E-state index is 0.0313. The van der Waals surface area contributed by atoms with Gasteiger partial charge in [0.25, 0.3) is 0 Å². The van der Waals surface area contributed by atoms with Crippen LogP contribution in [0.2, 0.25) is 0 Å². The van der Waals surface area contributed by atoms with Crippen molar-refractivity contribution in [3.8, 4) is 0 Å². The Morgan fingerprint density at radius 3 is 2.60 bits per heavy atom. The van der Waals surface area contributed by atoms with E-state index in [0.29, 0.717) is 5.92 Å². The Morgan fingerprint density at radius 2 is 2.10 bits per heavy atom. The monoisotopic (exact) mass is 299 g/mol. The molecule has 7 heteroatoms. The molecule has 0 bridgehead atoms. The van der Waals surface area contributed by atoms with E-state index >= 15 is 0 Å². The maximum atomic E-state index is 11.3. The summed E-state index contributed by atoms with van der Waals surface area (Å²) >= 11 is 1.42. The van der Waals surface area contributed by atoms with Gasteiger partial charge in [-0.05, 0) is 18.8 Å². The number of aliphatic hydroxyl groups excluding tert-OH is 1. The highest BCUT2D eigenvalue weighted by Gasteiger charge is 2.31. The summed E-state index contributed by atoms with van der Waals surface area (Å²) in [5.74, 6) is 0.637. The Kier molecular flexibility index (Phi) is 4.93. The molecule has 1 aromatic heterocycles. The molecule has 0 aromatic carbocycles. The maximum absolute atomic E-state index is 11.3. The number of nitrogens with zero attached hydrogens (tertiary/aromatic N) is 3. The van der Waals surface area contributed by atoms with Crippen LogP contribution in [-0.2, 0) is 9.53 Å². The lowest BCUT2D eigenvalue weighted by atomic mass is 9.91. The minimum atomic E-state index is -1.01. The van der Waals surface area contributed by atoms with Gasteiger partial charge in [0, 0.05) is 30.5 Å². The first-order valence-corrected chi connectivity index (χ1v) is 7.64.